The van der Waals surface area contributed by atoms with Crippen molar-refractivity contribution < 1.29 is 9.53 Å². The van der Waals surface area contributed by atoms with Crippen molar-refractivity contribution in [1.82, 2.24) is 24.8 Å². The molecule has 0 aliphatic carbocycles. The molecule has 1 aliphatic rings. The largest absolute Gasteiger partial charge is 0.444 e. The first-order valence-electron chi connectivity index (χ1n) is 8.89. The Balaban J connectivity index is 1.58. The number of nitrogens with one attached hydrogen (secondary N) is 1. The van der Waals surface area contributed by atoms with E-state index in [9.17, 15) is 4.79 Å². The van der Waals surface area contributed by atoms with E-state index in [4.69, 9.17) is 16.3 Å². The lowest BCUT2D eigenvalue weighted by atomic mass is 10.0. The Labute approximate surface area is 158 Å². The van der Waals surface area contributed by atoms with E-state index in [-0.39, 0.29) is 12.1 Å². The van der Waals surface area contributed by atoms with Gasteiger partial charge >= 0.3 is 6.09 Å². The van der Waals surface area contributed by atoms with Crippen LogP contribution < -0.4 is 0 Å². The Morgan fingerprint density at radius 3 is 2.73 bits per heavy atom. The topological polar surface area (TPSA) is 74.3 Å². The molecule has 3 rings (SSSR count). The lowest BCUT2D eigenvalue weighted by Gasteiger charge is -2.37. The minimum absolute atomic E-state index is 0.205. The minimum Gasteiger partial charge on any atom is -0.444 e. The van der Waals surface area contributed by atoms with Gasteiger partial charge in [0.2, 0.25) is 0 Å². The number of halogens is 1. The summed E-state index contributed by atoms with van der Waals surface area (Å²) < 4.78 is 5.47. The first kappa shape index (κ1) is 18.9. The summed E-state index contributed by atoms with van der Waals surface area (Å²) in [5.41, 5.74) is 1.40. The monoisotopic (exact) mass is 379 g/mol. The number of H-pyrrole nitrogens is 1. The fourth-order valence-corrected chi connectivity index (χ4v) is 3.55. The maximum absolute atomic E-state index is 12.2. The van der Waals surface area contributed by atoms with Crippen molar-refractivity contribution in [1.29, 1.82) is 0 Å². The number of ether oxygens (including phenoxy) is 1. The first-order chi connectivity index (χ1) is 12.2. The zero-order valence-electron chi connectivity index (χ0n) is 15.8. The van der Waals surface area contributed by atoms with Crippen LogP contribution in [-0.4, -0.2) is 62.6 Å². The van der Waals surface area contributed by atoms with Gasteiger partial charge in [0.1, 0.15) is 22.7 Å². The van der Waals surface area contributed by atoms with Crippen LogP contribution in [0.15, 0.2) is 12.5 Å². The van der Waals surface area contributed by atoms with Crippen molar-refractivity contribution >= 4 is 28.7 Å². The molecule has 2 aromatic rings. The van der Waals surface area contributed by atoms with Gasteiger partial charge in [0.15, 0.2) is 0 Å². The third-order valence-electron chi connectivity index (χ3n) is 4.69. The molecule has 8 heteroatoms. The van der Waals surface area contributed by atoms with Crippen LogP contribution in [0.4, 0.5) is 4.79 Å². The van der Waals surface area contributed by atoms with Crippen LogP contribution in [-0.2, 0) is 11.3 Å². The summed E-state index contributed by atoms with van der Waals surface area (Å²) in [6.45, 7) is 8.27. The van der Waals surface area contributed by atoms with Gasteiger partial charge < -0.3 is 14.6 Å². The molecule has 142 valence electrons. The number of piperidine rings is 1. The Kier molecular flexibility index (Phi) is 5.39. The van der Waals surface area contributed by atoms with Gasteiger partial charge in [0, 0.05) is 38.9 Å². The fourth-order valence-electron chi connectivity index (χ4n) is 3.30. The van der Waals surface area contributed by atoms with Crippen LogP contribution in [0.1, 0.15) is 39.2 Å². The predicted molar refractivity (Wildman–Crippen MR) is 101 cm³/mol. The van der Waals surface area contributed by atoms with E-state index in [1.807, 2.05) is 34.0 Å². The quantitative estimate of drug-likeness (QED) is 0.827. The Morgan fingerprint density at radius 1 is 1.38 bits per heavy atom. The van der Waals surface area contributed by atoms with E-state index in [2.05, 4.69) is 19.9 Å². The summed E-state index contributed by atoms with van der Waals surface area (Å²) in [6, 6.07) is 0.205. The van der Waals surface area contributed by atoms with Crippen LogP contribution >= 0.6 is 11.6 Å². The second kappa shape index (κ2) is 7.40. The van der Waals surface area contributed by atoms with Crippen molar-refractivity contribution in [2.75, 3.05) is 20.1 Å². The number of carbonyl (C=O) groups is 1. The van der Waals surface area contributed by atoms with E-state index >= 15 is 0 Å². The molecule has 0 radical (unpaired) electrons. The van der Waals surface area contributed by atoms with Gasteiger partial charge in [-0.2, -0.15) is 0 Å². The molecule has 1 aliphatic heterocycles. The first-order valence-corrected chi connectivity index (χ1v) is 9.27. The molecular weight excluding hydrogens is 354 g/mol. The van der Waals surface area contributed by atoms with Crippen LogP contribution in [0.2, 0.25) is 5.15 Å². The van der Waals surface area contributed by atoms with Gasteiger partial charge in [-0.3, -0.25) is 4.90 Å². The molecule has 0 atom stereocenters. The lowest BCUT2D eigenvalue weighted by molar-refractivity contribution is 0.0149. The molecule has 0 saturated carbocycles. The highest BCUT2D eigenvalue weighted by Crippen LogP contribution is 2.26. The molecule has 2 aromatic heterocycles. The number of hydrogen-bond acceptors (Lipinski definition) is 5. The Bertz CT molecular complexity index is 777. The molecular formula is C18H26ClN5O2. The third kappa shape index (κ3) is 4.27. The normalized spacial score (nSPS) is 16.8. The molecule has 0 aromatic carbocycles. The van der Waals surface area contributed by atoms with Crippen molar-refractivity contribution in [3.63, 3.8) is 0 Å². The van der Waals surface area contributed by atoms with Gasteiger partial charge in [-0.1, -0.05) is 11.6 Å². The fraction of sp³-hybridized carbons (Fsp3) is 0.611. The summed E-state index contributed by atoms with van der Waals surface area (Å²) in [6.07, 6.45) is 4.99. The Morgan fingerprint density at radius 2 is 2.08 bits per heavy atom. The number of carbonyl (C=O) groups excluding carboxylic acids is 1. The molecule has 0 bridgehead atoms. The average Bonchev–Trinajstić information content (AvgIpc) is 2.98. The van der Waals surface area contributed by atoms with E-state index < -0.39 is 5.60 Å². The van der Waals surface area contributed by atoms with Crippen molar-refractivity contribution in [3.8, 4) is 0 Å². The molecule has 26 heavy (non-hydrogen) atoms. The number of likely N-dealkylation sites (tertiary alicyclic amines) is 1. The Hall–Kier alpha value is -1.86. The summed E-state index contributed by atoms with van der Waals surface area (Å²) in [5, 5.41) is 1.37. The maximum atomic E-state index is 12.2. The predicted octanol–water partition coefficient (Wildman–Crippen LogP) is 3.44. The summed E-state index contributed by atoms with van der Waals surface area (Å²) in [4.78, 5) is 27.8. The third-order valence-corrected chi connectivity index (χ3v) is 4.97. The molecule has 3 heterocycles. The smallest absolute Gasteiger partial charge is 0.410 e. The van der Waals surface area contributed by atoms with Gasteiger partial charge in [0.25, 0.3) is 0 Å². The molecule has 1 fully saturated rings. The van der Waals surface area contributed by atoms with Gasteiger partial charge in [-0.15, -0.1) is 0 Å². The van der Waals surface area contributed by atoms with Crippen LogP contribution in [0, 0.1) is 0 Å². The standard InChI is InChI=1S/C18H26ClN5O2/c1-18(2,3)26-17(25)23(4)13-5-7-24(8-6-13)10-12-9-20-16-14(12)15(19)21-11-22-16/h9,11,13H,5-8,10H2,1-4H3,(H,20,21,22). The van der Waals surface area contributed by atoms with Crippen LogP contribution in [0.3, 0.4) is 0 Å². The summed E-state index contributed by atoms with van der Waals surface area (Å²) >= 11 is 6.23. The van der Waals surface area contributed by atoms with E-state index in [0.29, 0.717) is 5.15 Å². The molecule has 7 nitrogen and oxygen atoms in total. The van der Waals surface area contributed by atoms with Crippen LogP contribution in [0.5, 0.6) is 0 Å². The zero-order valence-corrected chi connectivity index (χ0v) is 16.5. The summed E-state index contributed by atoms with van der Waals surface area (Å²) in [5.74, 6) is 0. The van der Waals surface area contributed by atoms with Gasteiger partial charge in [0.05, 0.1) is 5.39 Å². The zero-order chi connectivity index (χ0) is 18.9. The number of fused-ring (bicyclic) bond motifs is 1. The number of aromatic nitrogens is 3. The van der Waals surface area contributed by atoms with Crippen molar-refractivity contribution in [2.45, 2.75) is 51.8 Å². The van der Waals surface area contributed by atoms with E-state index in [1.165, 1.54) is 6.33 Å². The lowest BCUT2D eigenvalue weighted by Crippen LogP contribution is -2.46. The van der Waals surface area contributed by atoms with Crippen molar-refractivity contribution in [3.05, 3.63) is 23.2 Å². The highest BCUT2D eigenvalue weighted by atomic mass is 35.5. The SMILES string of the molecule is CN(C(=O)OC(C)(C)C)C1CCN(Cc2c[nH]c3ncnc(Cl)c23)CC1. The second-order valence-electron chi connectivity index (χ2n) is 7.80. The average molecular weight is 380 g/mol. The van der Waals surface area contributed by atoms with Gasteiger partial charge in [-0.25, -0.2) is 14.8 Å². The minimum atomic E-state index is -0.470. The van der Waals surface area contributed by atoms with E-state index in [1.54, 1.807) is 4.90 Å². The molecule has 1 saturated heterocycles. The molecule has 0 unspecified atom stereocenters. The number of hydrogen-bond donors (Lipinski definition) is 1. The molecule has 0 spiro atoms. The number of rotatable bonds is 3. The maximum Gasteiger partial charge on any atom is 0.410 e. The van der Waals surface area contributed by atoms with Crippen LogP contribution in [0.25, 0.3) is 11.0 Å². The van der Waals surface area contributed by atoms with Crippen molar-refractivity contribution in [2.24, 2.45) is 0 Å². The number of nitrogens with zero attached hydrogens (tertiary/aromatic N) is 4. The highest BCUT2D eigenvalue weighted by Gasteiger charge is 2.28. The summed E-state index contributed by atoms with van der Waals surface area (Å²) in [7, 11) is 1.82. The second-order valence-corrected chi connectivity index (χ2v) is 8.16. The molecule has 1 amide bonds. The van der Waals surface area contributed by atoms with Gasteiger partial charge in [-0.05, 0) is 39.2 Å². The number of amides is 1. The highest BCUT2D eigenvalue weighted by molar-refractivity contribution is 6.34. The molecule has 1 N–H and O–H groups in total. The van der Waals surface area contributed by atoms with E-state index in [0.717, 1.165) is 49.1 Å². The number of aromatic amines is 1.